The molecule has 3 heterocycles. The largest absolute Gasteiger partial charge is 0.391 e. The van der Waals surface area contributed by atoms with Crippen LogP contribution in [0.15, 0.2) is 12.5 Å². The lowest BCUT2D eigenvalue weighted by atomic mass is 9.97. The van der Waals surface area contributed by atoms with Gasteiger partial charge in [-0.15, -0.1) is 0 Å². The van der Waals surface area contributed by atoms with E-state index in [1.54, 1.807) is 0 Å². The number of aliphatic hydroxyl groups excluding tert-OH is 2. The Balaban J connectivity index is 2.14. The van der Waals surface area contributed by atoms with Gasteiger partial charge in [0.15, 0.2) is 16.7 Å². The fourth-order valence-electron chi connectivity index (χ4n) is 2.57. The molecule has 0 spiro atoms. The Morgan fingerprint density at radius 1 is 1.52 bits per heavy atom. The summed E-state index contributed by atoms with van der Waals surface area (Å²) in [5.41, 5.74) is 6.44. The van der Waals surface area contributed by atoms with Gasteiger partial charge in [-0.2, -0.15) is 4.98 Å². The number of fused-ring (bicyclic) bond motifs is 1. The number of aromatic nitrogens is 4. The maximum absolute atomic E-state index is 10.4. The monoisotopic (exact) mass is 357 g/mol. The second-order valence-electron chi connectivity index (χ2n) is 5.21. The van der Waals surface area contributed by atoms with Crippen LogP contribution in [0.3, 0.4) is 0 Å². The van der Waals surface area contributed by atoms with Crippen molar-refractivity contribution in [2.45, 2.75) is 36.3 Å². The van der Waals surface area contributed by atoms with Crippen LogP contribution in [0.1, 0.15) is 13.2 Å². The lowest BCUT2D eigenvalue weighted by Gasteiger charge is -2.25. The molecule has 2 aromatic rings. The van der Waals surface area contributed by atoms with E-state index in [4.69, 9.17) is 33.7 Å². The molecule has 0 bridgehead atoms. The predicted molar refractivity (Wildman–Crippen MR) is 83.5 cm³/mol. The minimum absolute atomic E-state index is 0.0495. The summed E-state index contributed by atoms with van der Waals surface area (Å²) in [5.74, 6) is 2.59. The number of anilines is 1. The lowest BCUT2D eigenvalue weighted by molar-refractivity contribution is -0.0752. The van der Waals surface area contributed by atoms with Gasteiger partial charge in [0.2, 0.25) is 5.95 Å². The molecule has 0 saturated carbocycles. The Hall–Kier alpha value is -1.63. The van der Waals surface area contributed by atoms with E-state index in [1.807, 2.05) is 0 Å². The number of hydrogen-bond acceptors (Lipinski definition) is 7. The third-order valence-electron chi connectivity index (χ3n) is 3.69. The van der Waals surface area contributed by atoms with E-state index in [0.717, 1.165) is 0 Å². The first-order valence-corrected chi connectivity index (χ1v) is 7.42. The molecule has 10 heteroatoms. The van der Waals surface area contributed by atoms with Crippen LogP contribution in [0.2, 0.25) is 0 Å². The van der Waals surface area contributed by atoms with Crippen LogP contribution in [0.25, 0.3) is 11.2 Å². The number of nitrogen functional groups attached to an aromatic ring is 1. The van der Waals surface area contributed by atoms with Gasteiger partial charge >= 0.3 is 0 Å². The summed E-state index contributed by atoms with van der Waals surface area (Å²) >= 11 is 12.0. The normalized spacial score (nSPS) is 31.8. The molecular weight excluding hydrogens is 345 g/mol. The molecule has 1 saturated heterocycles. The Kier molecular flexibility index (Phi) is 4.08. The van der Waals surface area contributed by atoms with E-state index in [0.29, 0.717) is 11.2 Å². The van der Waals surface area contributed by atoms with E-state index in [9.17, 15) is 10.2 Å². The fourth-order valence-corrected chi connectivity index (χ4v) is 3.11. The van der Waals surface area contributed by atoms with Crippen molar-refractivity contribution in [3.63, 3.8) is 0 Å². The van der Waals surface area contributed by atoms with E-state index < -0.39 is 29.4 Å². The number of hydrogen-bond donors (Lipinski definition) is 3. The predicted octanol–water partition coefficient (Wildman–Crippen LogP) is 0.225. The average molecular weight is 358 g/mol. The van der Waals surface area contributed by atoms with Crippen LogP contribution in [0.4, 0.5) is 5.95 Å². The van der Waals surface area contributed by atoms with Gasteiger partial charge in [0, 0.05) is 5.38 Å². The summed E-state index contributed by atoms with van der Waals surface area (Å²) in [6, 6.07) is 0. The number of aliphatic hydroxyl groups is 2. The van der Waals surface area contributed by atoms with Gasteiger partial charge in [-0.25, -0.2) is 9.97 Å². The second-order valence-corrected chi connectivity index (χ2v) is 6.03. The number of imidazole rings is 1. The van der Waals surface area contributed by atoms with Crippen LogP contribution < -0.4 is 5.73 Å². The number of alkyl halides is 1. The molecule has 1 aliphatic rings. The lowest BCUT2D eigenvalue weighted by Crippen LogP contribution is -2.43. The molecule has 122 valence electrons. The van der Waals surface area contributed by atoms with E-state index in [2.05, 4.69) is 26.3 Å². The smallest absolute Gasteiger partial charge is 0.222 e. The van der Waals surface area contributed by atoms with Gasteiger partial charge in [-0.05, 0) is 18.5 Å². The Morgan fingerprint density at radius 3 is 2.91 bits per heavy atom. The highest BCUT2D eigenvalue weighted by Crippen LogP contribution is 2.45. The van der Waals surface area contributed by atoms with E-state index in [-0.39, 0.29) is 5.95 Å². The van der Waals surface area contributed by atoms with Gasteiger partial charge in [0.1, 0.15) is 17.7 Å². The van der Waals surface area contributed by atoms with Crippen molar-refractivity contribution in [1.82, 2.24) is 19.5 Å². The number of nitrogens with zero attached hydrogens (tertiary/aromatic N) is 4. The Morgan fingerprint density at radius 2 is 2.26 bits per heavy atom. The Labute approximate surface area is 141 Å². The summed E-state index contributed by atoms with van der Waals surface area (Å²) < 4.78 is 7.20. The number of ether oxygens (including phenoxy) is 1. The molecule has 2 aromatic heterocycles. The minimum Gasteiger partial charge on any atom is -0.391 e. The zero-order chi connectivity index (χ0) is 16.8. The van der Waals surface area contributed by atoms with Crippen LogP contribution in [0, 0.1) is 11.3 Å². The molecule has 4 N–H and O–H groups in total. The summed E-state index contributed by atoms with van der Waals surface area (Å²) in [6.45, 7) is 1.48. The quantitative estimate of drug-likeness (QED) is 0.519. The van der Waals surface area contributed by atoms with Crippen molar-refractivity contribution >= 4 is 40.3 Å². The third-order valence-corrected chi connectivity index (χ3v) is 4.29. The van der Waals surface area contributed by atoms with Gasteiger partial charge in [-0.3, -0.25) is 4.57 Å². The van der Waals surface area contributed by atoms with Crippen LogP contribution in [-0.2, 0) is 4.74 Å². The van der Waals surface area contributed by atoms with Crippen molar-refractivity contribution in [1.29, 1.82) is 0 Å². The van der Waals surface area contributed by atoms with E-state index in [1.165, 1.54) is 24.0 Å². The molecule has 5 atom stereocenters. The average Bonchev–Trinajstić information content (AvgIpc) is 3.00. The molecular formula is C13H13Cl2N5O3. The molecule has 0 amide bonds. The first-order chi connectivity index (χ1) is 10.9. The number of nitrogens with two attached hydrogens (primary N) is 1. The number of rotatable bonds is 2. The summed E-state index contributed by atoms with van der Waals surface area (Å²) in [7, 11) is 0. The molecule has 23 heavy (non-hydrogen) atoms. The van der Waals surface area contributed by atoms with Crippen molar-refractivity contribution in [3.05, 3.63) is 12.5 Å². The Bertz CT molecular complexity index is 802. The topological polar surface area (TPSA) is 119 Å². The van der Waals surface area contributed by atoms with Gasteiger partial charge in [0.25, 0.3) is 0 Å². The fraction of sp³-hybridized carbons (Fsp3) is 0.462. The van der Waals surface area contributed by atoms with Gasteiger partial charge < -0.3 is 20.7 Å². The maximum Gasteiger partial charge on any atom is 0.222 e. The van der Waals surface area contributed by atoms with Crippen molar-refractivity contribution in [2.24, 2.45) is 0 Å². The van der Waals surface area contributed by atoms with E-state index >= 15 is 0 Å². The molecule has 8 nitrogen and oxygen atoms in total. The van der Waals surface area contributed by atoms with Gasteiger partial charge in [-0.1, -0.05) is 17.5 Å². The highest BCUT2D eigenvalue weighted by Gasteiger charge is 2.57. The SMILES string of the molecule is C[C@H](O)[C@H]1O[C@@H](n2cnc3cnc(N)nc32)C(Cl)(C#CCl)C1O. The highest BCUT2D eigenvalue weighted by molar-refractivity contribution is 6.32. The third kappa shape index (κ3) is 2.51. The maximum atomic E-state index is 10.4. The van der Waals surface area contributed by atoms with Gasteiger partial charge in [0.05, 0.1) is 18.6 Å². The minimum atomic E-state index is -1.59. The van der Waals surface area contributed by atoms with Crippen molar-refractivity contribution in [3.8, 4) is 11.3 Å². The summed E-state index contributed by atoms with van der Waals surface area (Å²) in [4.78, 5) is 10.5. The zero-order valence-corrected chi connectivity index (χ0v) is 13.4. The first kappa shape index (κ1) is 16.2. The first-order valence-electron chi connectivity index (χ1n) is 6.67. The molecule has 2 unspecified atom stereocenters. The highest BCUT2D eigenvalue weighted by atomic mass is 35.5. The molecule has 1 aliphatic heterocycles. The zero-order valence-electron chi connectivity index (χ0n) is 11.9. The second kappa shape index (κ2) is 5.78. The molecule has 0 aliphatic carbocycles. The molecule has 0 radical (unpaired) electrons. The van der Waals surface area contributed by atoms with Crippen LogP contribution >= 0.6 is 23.2 Å². The van der Waals surface area contributed by atoms with Crippen LogP contribution in [-0.4, -0.2) is 52.9 Å². The molecule has 0 aromatic carbocycles. The van der Waals surface area contributed by atoms with Crippen LogP contribution in [0.5, 0.6) is 0 Å². The standard InChI is InChI=1S/C13H13Cl2N5O3/c1-6(21)8-9(22)13(15,2-3-14)11(23-8)20-5-18-7-4-17-12(16)19-10(7)20/h4-6,8-9,11,21-22H,1H3,(H2,16,17,19)/t6-,8+,9?,11+,13?/m0/s1. The molecule has 3 rings (SSSR count). The molecule has 1 fully saturated rings. The van der Waals surface area contributed by atoms with Crippen molar-refractivity contribution < 1.29 is 14.9 Å². The summed E-state index contributed by atoms with van der Waals surface area (Å²) in [6.07, 6.45) is -1.31. The van der Waals surface area contributed by atoms with Crippen molar-refractivity contribution in [2.75, 3.05) is 5.73 Å². The summed E-state index contributed by atoms with van der Waals surface area (Å²) in [5, 5.41) is 22.4. The number of halogens is 2.